The molecule has 4 nitrogen and oxygen atoms in total. The Bertz CT molecular complexity index is 369. The first-order valence-corrected chi connectivity index (χ1v) is 9.66. The van der Waals surface area contributed by atoms with Crippen LogP contribution in [0.1, 0.15) is 73.6 Å². The third-order valence-electron chi connectivity index (χ3n) is 3.28. The van der Waals surface area contributed by atoms with Crippen LogP contribution in [0.2, 0.25) is 0 Å². The molecule has 0 aromatic heterocycles. The van der Waals surface area contributed by atoms with Gasteiger partial charge in [0, 0.05) is 12.2 Å². The van der Waals surface area contributed by atoms with Crippen molar-refractivity contribution in [2.45, 2.75) is 79.7 Å². The van der Waals surface area contributed by atoms with Crippen molar-refractivity contribution in [1.82, 2.24) is 5.32 Å². The molecule has 0 saturated carbocycles. The molecule has 0 heterocycles. The molecular formula is C18H35NO3S. The summed E-state index contributed by atoms with van der Waals surface area (Å²) in [6, 6.07) is -0.788. The van der Waals surface area contributed by atoms with Crippen LogP contribution in [0.25, 0.3) is 0 Å². The van der Waals surface area contributed by atoms with Gasteiger partial charge in [-0.15, -0.1) is 0 Å². The van der Waals surface area contributed by atoms with E-state index < -0.39 is 12.0 Å². The third kappa shape index (κ3) is 14.6. The standard InChI is InChI=1S/C18H35NO3S/c1-17(2,3)11-9-7-8-10-15(20)19-14(16(21)22)12-23-13-18(4,5)6/h14H,7-13H2,1-6H3,(H,19,20)(H,21,22)/t14-/m0/s1. The Kier molecular flexibility index (Phi) is 9.90. The maximum absolute atomic E-state index is 11.9. The zero-order valence-electron chi connectivity index (χ0n) is 15.7. The van der Waals surface area contributed by atoms with Gasteiger partial charge in [-0.3, -0.25) is 4.79 Å². The van der Waals surface area contributed by atoms with Crippen LogP contribution in [0.4, 0.5) is 0 Å². The Morgan fingerprint density at radius 1 is 1.00 bits per heavy atom. The molecule has 2 N–H and O–H groups in total. The number of amides is 1. The minimum Gasteiger partial charge on any atom is -0.480 e. The Morgan fingerprint density at radius 3 is 2.09 bits per heavy atom. The number of hydrogen-bond donors (Lipinski definition) is 2. The second-order valence-corrected chi connectivity index (χ2v) is 9.69. The van der Waals surface area contributed by atoms with Crippen LogP contribution in [0.5, 0.6) is 0 Å². The lowest BCUT2D eigenvalue weighted by molar-refractivity contribution is -0.141. The zero-order chi connectivity index (χ0) is 18.1. The molecule has 136 valence electrons. The smallest absolute Gasteiger partial charge is 0.327 e. The van der Waals surface area contributed by atoms with Crippen molar-refractivity contribution in [2.75, 3.05) is 11.5 Å². The molecule has 0 radical (unpaired) electrons. The Labute approximate surface area is 146 Å². The van der Waals surface area contributed by atoms with Gasteiger partial charge in [0.1, 0.15) is 6.04 Å². The predicted octanol–water partition coefficient (Wildman–Crippen LogP) is 4.33. The van der Waals surface area contributed by atoms with E-state index in [4.69, 9.17) is 0 Å². The van der Waals surface area contributed by atoms with Crippen LogP contribution in [0, 0.1) is 10.8 Å². The van der Waals surface area contributed by atoms with E-state index in [1.807, 2.05) is 0 Å². The first kappa shape index (κ1) is 22.3. The maximum Gasteiger partial charge on any atom is 0.327 e. The largest absolute Gasteiger partial charge is 0.480 e. The summed E-state index contributed by atoms with van der Waals surface area (Å²) in [7, 11) is 0. The van der Waals surface area contributed by atoms with Crippen LogP contribution in [-0.2, 0) is 9.59 Å². The Hall–Kier alpha value is -0.710. The van der Waals surface area contributed by atoms with Crippen LogP contribution >= 0.6 is 11.8 Å². The molecule has 1 atom stereocenters. The van der Waals surface area contributed by atoms with Gasteiger partial charge in [-0.05, 0) is 29.4 Å². The Balaban J connectivity index is 4.00. The molecule has 0 saturated heterocycles. The minimum atomic E-state index is -0.951. The van der Waals surface area contributed by atoms with Crippen molar-refractivity contribution >= 4 is 23.6 Å². The van der Waals surface area contributed by atoms with Crippen molar-refractivity contribution in [3.63, 3.8) is 0 Å². The highest BCUT2D eigenvalue weighted by Gasteiger charge is 2.21. The Morgan fingerprint density at radius 2 is 1.61 bits per heavy atom. The van der Waals surface area contributed by atoms with Crippen molar-refractivity contribution in [3.8, 4) is 0 Å². The SMILES string of the molecule is CC(C)(C)CCCCCC(=O)N[C@@H](CSCC(C)(C)C)C(=O)O. The van der Waals surface area contributed by atoms with Crippen LogP contribution < -0.4 is 5.32 Å². The van der Waals surface area contributed by atoms with Gasteiger partial charge in [0.25, 0.3) is 0 Å². The molecule has 0 aromatic rings. The lowest BCUT2D eigenvalue weighted by atomic mass is 9.89. The lowest BCUT2D eigenvalue weighted by Gasteiger charge is -2.20. The van der Waals surface area contributed by atoms with Gasteiger partial charge in [0.2, 0.25) is 5.91 Å². The summed E-state index contributed by atoms with van der Waals surface area (Å²) >= 11 is 1.58. The third-order valence-corrected chi connectivity index (χ3v) is 4.92. The summed E-state index contributed by atoms with van der Waals surface area (Å²) in [5.74, 6) is 0.193. The zero-order valence-corrected chi connectivity index (χ0v) is 16.5. The summed E-state index contributed by atoms with van der Waals surface area (Å²) in [4.78, 5) is 23.1. The van der Waals surface area contributed by atoms with Gasteiger partial charge >= 0.3 is 5.97 Å². The van der Waals surface area contributed by atoms with Crippen molar-refractivity contribution in [3.05, 3.63) is 0 Å². The fraction of sp³-hybridized carbons (Fsp3) is 0.889. The van der Waals surface area contributed by atoms with Crippen molar-refractivity contribution in [2.24, 2.45) is 10.8 Å². The molecule has 0 rings (SSSR count). The molecule has 23 heavy (non-hydrogen) atoms. The van der Waals surface area contributed by atoms with E-state index >= 15 is 0 Å². The van der Waals surface area contributed by atoms with Crippen LogP contribution in [0.3, 0.4) is 0 Å². The molecular weight excluding hydrogens is 310 g/mol. The van der Waals surface area contributed by atoms with E-state index in [2.05, 4.69) is 46.9 Å². The highest BCUT2D eigenvalue weighted by Crippen LogP contribution is 2.22. The maximum atomic E-state index is 11.9. The summed E-state index contributed by atoms with van der Waals surface area (Å²) in [6.07, 6.45) is 4.51. The molecule has 0 aliphatic rings. The van der Waals surface area contributed by atoms with Gasteiger partial charge in [-0.1, -0.05) is 54.4 Å². The van der Waals surface area contributed by atoms with Crippen LogP contribution in [0.15, 0.2) is 0 Å². The van der Waals surface area contributed by atoms with Crippen LogP contribution in [-0.4, -0.2) is 34.5 Å². The first-order valence-electron chi connectivity index (χ1n) is 8.51. The number of nitrogens with one attached hydrogen (secondary N) is 1. The first-order chi connectivity index (χ1) is 10.4. The fourth-order valence-electron chi connectivity index (χ4n) is 2.04. The molecule has 0 aromatic carbocycles. The van der Waals surface area contributed by atoms with E-state index in [1.54, 1.807) is 11.8 Å². The molecule has 5 heteroatoms. The number of hydrogen-bond acceptors (Lipinski definition) is 3. The number of carbonyl (C=O) groups is 2. The predicted molar refractivity (Wildman–Crippen MR) is 98.9 cm³/mol. The number of thioether (sulfide) groups is 1. The highest BCUT2D eigenvalue weighted by molar-refractivity contribution is 7.99. The topological polar surface area (TPSA) is 66.4 Å². The molecule has 0 spiro atoms. The summed E-state index contributed by atoms with van der Waals surface area (Å²) < 4.78 is 0. The summed E-state index contributed by atoms with van der Waals surface area (Å²) in [5, 5.41) is 11.9. The molecule has 0 aliphatic carbocycles. The van der Waals surface area contributed by atoms with Crippen molar-refractivity contribution in [1.29, 1.82) is 0 Å². The number of carboxylic acid groups (broad SMARTS) is 1. The van der Waals surface area contributed by atoms with Gasteiger partial charge < -0.3 is 10.4 Å². The van der Waals surface area contributed by atoms with Gasteiger partial charge in [-0.25, -0.2) is 4.79 Å². The number of carboxylic acids is 1. The number of rotatable bonds is 10. The summed E-state index contributed by atoms with van der Waals surface area (Å²) in [6.45, 7) is 13.0. The average Bonchev–Trinajstić information content (AvgIpc) is 2.34. The quantitative estimate of drug-likeness (QED) is 0.578. The van der Waals surface area contributed by atoms with E-state index in [0.29, 0.717) is 17.6 Å². The van der Waals surface area contributed by atoms with E-state index in [9.17, 15) is 14.7 Å². The average molecular weight is 346 g/mol. The van der Waals surface area contributed by atoms with Crippen molar-refractivity contribution < 1.29 is 14.7 Å². The fourth-order valence-corrected chi connectivity index (χ4v) is 3.23. The molecule has 0 bridgehead atoms. The molecule has 1 amide bonds. The highest BCUT2D eigenvalue weighted by atomic mass is 32.2. The molecule has 0 unspecified atom stereocenters. The number of aliphatic carboxylic acids is 1. The van der Waals surface area contributed by atoms with E-state index in [-0.39, 0.29) is 11.3 Å². The van der Waals surface area contributed by atoms with Gasteiger partial charge in [-0.2, -0.15) is 11.8 Å². The normalized spacial score (nSPS) is 13.7. The second-order valence-electron chi connectivity index (χ2n) is 8.66. The van der Waals surface area contributed by atoms with E-state index in [1.165, 1.54) is 0 Å². The lowest BCUT2D eigenvalue weighted by Crippen LogP contribution is -2.42. The molecule has 0 aliphatic heterocycles. The number of carbonyl (C=O) groups excluding carboxylic acids is 1. The molecule has 0 fully saturated rings. The monoisotopic (exact) mass is 345 g/mol. The van der Waals surface area contributed by atoms with Gasteiger partial charge in [0.05, 0.1) is 0 Å². The van der Waals surface area contributed by atoms with E-state index in [0.717, 1.165) is 31.4 Å². The minimum absolute atomic E-state index is 0.149. The second kappa shape index (κ2) is 10.2. The van der Waals surface area contributed by atoms with Gasteiger partial charge in [0.15, 0.2) is 0 Å². The number of unbranched alkanes of at least 4 members (excludes halogenated alkanes) is 2. The summed E-state index contributed by atoms with van der Waals surface area (Å²) in [5.41, 5.74) is 0.492.